The third-order valence-corrected chi connectivity index (χ3v) is 3.14. The van der Waals surface area contributed by atoms with Crippen molar-refractivity contribution in [1.29, 1.82) is 0 Å². The maximum atomic E-state index is 12.1. The summed E-state index contributed by atoms with van der Waals surface area (Å²) < 4.78 is 10.7. The Kier molecular flexibility index (Phi) is 6.19. The first kappa shape index (κ1) is 17.3. The number of ether oxygens (including phenoxy) is 2. The number of carbonyl (C=O) groups excluding carboxylic acids is 2. The molecule has 0 heterocycles. The summed E-state index contributed by atoms with van der Waals surface area (Å²) in [6, 6.07) is 14.0. The van der Waals surface area contributed by atoms with Gasteiger partial charge in [0, 0.05) is 24.2 Å². The minimum Gasteiger partial charge on any atom is -0.497 e. The van der Waals surface area contributed by atoms with Gasteiger partial charge >= 0.3 is 0 Å². The van der Waals surface area contributed by atoms with Crippen LogP contribution in [-0.2, 0) is 4.79 Å². The van der Waals surface area contributed by atoms with Gasteiger partial charge in [-0.25, -0.2) is 0 Å². The SMILES string of the molecule is COc1cccc(OCCNC(=O)c2cccc(NC(C)=O)c2)c1. The summed E-state index contributed by atoms with van der Waals surface area (Å²) in [7, 11) is 1.59. The van der Waals surface area contributed by atoms with Crippen molar-refractivity contribution in [2.45, 2.75) is 6.92 Å². The lowest BCUT2D eigenvalue weighted by Crippen LogP contribution is -2.28. The van der Waals surface area contributed by atoms with Gasteiger partial charge in [-0.15, -0.1) is 0 Å². The molecule has 0 aliphatic rings. The molecule has 126 valence electrons. The second kappa shape index (κ2) is 8.57. The van der Waals surface area contributed by atoms with Crippen LogP contribution in [0.2, 0.25) is 0 Å². The van der Waals surface area contributed by atoms with Crippen molar-refractivity contribution >= 4 is 17.5 Å². The normalized spacial score (nSPS) is 9.92. The van der Waals surface area contributed by atoms with Crippen LogP contribution in [0, 0.1) is 0 Å². The predicted octanol–water partition coefficient (Wildman–Crippen LogP) is 2.46. The zero-order valence-electron chi connectivity index (χ0n) is 13.7. The quantitative estimate of drug-likeness (QED) is 0.766. The highest BCUT2D eigenvalue weighted by molar-refractivity contribution is 5.96. The molecule has 24 heavy (non-hydrogen) atoms. The number of hydrogen-bond donors (Lipinski definition) is 2. The third-order valence-electron chi connectivity index (χ3n) is 3.14. The van der Waals surface area contributed by atoms with Crippen molar-refractivity contribution < 1.29 is 19.1 Å². The topological polar surface area (TPSA) is 76.7 Å². The number of carbonyl (C=O) groups is 2. The molecule has 2 amide bonds. The first-order valence-corrected chi connectivity index (χ1v) is 7.51. The van der Waals surface area contributed by atoms with Gasteiger partial charge in [0.2, 0.25) is 5.91 Å². The summed E-state index contributed by atoms with van der Waals surface area (Å²) in [4.78, 5) is 23.1. The monoisotopic (exact) mass is 328 g/mol. The highest BCUT2D eigenvalue weighted by atomic mass is 16.5. The number of benzene rings is 2. The van der Waals surface area contributed by atoms with E-state index in [9.17, 15) is 9.59 Å². The van der Waals surface area contributed by atoms with Gasteiger partial charge in [-0.3, -0.25) is 9.59 Å². The average Bonchev–Trinajstić information content (AvgIpc) is 2.58. The molecule has 0 aliphatic heterocycles. The highest BCUT2D eigenvalue weighted by Gasteiger charge is 2.06. The smallest absolute Gasteiger partial charge is 0.251 e. The summed E-state index contributed by atoms with van der Waals surface area (Å²) in [5.41, 5.74) is 1.06. The van der Waals surface area contributed by atoms with Gasteiger partial charge in [-0.2, -0.15) is 0 Å². The van der Waals surface area contributed by atoms with Gasteiger partial charge in [0.25, 0.3) is 5.91 Å². The van der Waals surface area contributed by atoms with Crippen LogP contribution >= 0.6 is 0 Å². The van der Waals surface area contributed by atoms with Gasteiger partial charge in [-0.05, 0) is 30.3 Å². The van der Waals surface area contributed by atoms with E-state index in [1.165, 1.54) is 6.92 Å². The van der Waals surface area contributed by atoms with Crippen molar-refractivity contribution in [3.8, 4) is 11.5 Å². The molecule has 6 nitrogen and oxygen atoms in total. The van der Waals surface area contributed by atoms with Crippen molar-refractivity contribution in [1.82, 2.24) is 5.32 Å². The Morgan fingerprint density at radius 1 is 1.04 bits per heavy atom. The number of nitrogens with one attached hydrogen (secondary N) is 2. The first-order valence-electron chi connectivity index (χ1n) is 7.51. The van der Waals surface area contributed by atoms with Crippen LogP contribution in [-0.4, -0.2) is 32.1 Å². The molecule has 0 fully saturated rings. The Morgan fingerprint density at radius 3 is 2.54 bits per heavy atom. The zero-order valence-corrected chi connectivity index (χ0v) is 13.7. The van der Waals surface area contributed by atoms with E-state index in [1.807, 2.05) is 18.2 Å². The lowest BCUT2D eigenvalue weighted by Gasteiger charge is -2.09. The van der Waals surface area contributed by atoms with Crippen LogP contribution in [0.3, 0.4) is 0 Å². The molecule has 2 rings (SSSR count). The summed E-state index contributed by atoms with van der Waals surface area (Å²) >= 11 is 0. The molecule has 0 spiro atoms. The maximum Gasteiger partial charge on any atom is 0.251 e. The van der Waals surface area contributed by atoms with Crippen molar-refractivity contribution in [3.63, 3.8) is 0 Å². The van der Waals surface area contributed by atoms with E-state index >= 15 is 0 Å². The fourth-order valence-electron chi connectivity index (χ4n) is 2.07. The van der Waals surface area contributed by atoms with Crippen molar-refractivity contribution in [3.05, 3.63) is 54.1 Å². The Labute approximate surface area is 140 Å². The van der Waals surface area contributed by atoms with Gasteiger partial charge in [0.15, 0.2) is 0 Å². The number of amides is 2. The molecular weight excluding hydrogens is 308 g/mol. The highest BCUT2D eigenvalue weighted by Crippen LogP contribution is 2.18. The van der Waals surface area contributed by atoms with Crippen LogP contribution in [0.25, 0.3) is 0 Å². The summed E-state index contributed by atoms with van der Waals surface area (Å²) in [6.07, 6.45) is 0. The van der Waals surface area contributed by atoms with E-state index in [2.05, 4.69) is 10.6 Å². The molecule has 0 bridgehead atoms. The molecule has 6 heteroatoms. The van der Waals surface area contributed by atoms with E-state index < -0.39 is 0 Å². The van der Waals surface area contributed by atoms with E-state index in [1.54, 1.807) is 37.4 Å². The molecule has 0 saturated carbocycles. The largest absolute Gasteiger partial charge is 0.497 e. The first-order chi connectivity index (χ1) is 11.6. The fraction of sp³-hybridized carbons (Fsp3) is 0.222. The van der Waals surface area contributed by atoms with E-state index in [-0.39, 0.29) is 11.8 Å². The number of methoxy groups -OCH3 is 1. The number of hydrogen-bond acceptors (Lipinski definition) is 4. The molecule has 0 unspecified atom stereocenters. The van der Waals surface area contributed by atoms with Gasteiger partial charge in [0.1, 0.15) is 18.1 Å². The summed E-state index contributed by atoms with van der Waals surface area (Å²) in [6.45, 7) is 2.12. The molecule has 0 saturated heterocycles. The number of anilines is 1. The van der Waals surface area contributed by atoms with Crippen LogP contribution in [0.4, 0.5) is 5.69 Å². The fourth-order valence-corrected chi connectivity index (χ4v) is 2.07. The molecule has 0 atom stereocenters. The minimum atomic E-state index is -0.226. The maximum absolute atomic E-state index is 12.1. The Bertz CT molecular complexity index is 716. The standard InChI is InChI=1S/C18H20N2O4/c1-13(21)20-15-6-3-5-14(11-15)18(22)19-9-10-24-17-8-4-7-16(12-17)23-2/h3-8,11-12H,9-10H2,1-2H3,(H,19,22)(H,20,21). The van der Waals surface area contributed by atoms with Gasteiger partial charge < -0.3 is 20.1 Å². The van der Waals surface area contributed by atoms with Crippen LogP contribution < -0.4 is 20.1 Å². The summed E-state index contributed by atoms with van der Waals surface area (Å²) in [5, 5.41) is 5.41. The third kappa shape index (κ3) is 5.31. The average molecular weight is 328 g/mol. The Morgan fingerprint density at radius 2 is 1.79 bits per heavy atom. The lowest BCUT2D eigenvalue weighted by molar-refractivity contribution is -0.114. The summed E-state index contributed by atoms with van der Waals surface area (Å²) in [5.74, 6) is 0.985. The molecule has 0 aliphatic carbocycles. The van der Waals surface area contributed by atoms with Crippen molar-refractivity contribution in [2.75, 3.05) is 25.6 Å². The van der Waals surface area contributed by atoms with E-state index in [0.717, 1.165) is 0 Å². The Balaban J connectivity index is 1.81. The Hall–Kier alpha value is -3.02. The van der Waals surface area contributed by atoms with Gasteiger partial charge in [-0.1, -0.05) is 12.1 Å². The second-order valence-corrected chi connectivity index (χ2v) is 5.05. The minimum absolute atomic E-state index is 0.181. The lowest BCUT2D eigenvalue weighted by atomic mass is 10.2. The molecule has 2 aromatic carbocycles. The van der Waals surface area contributed by atoms with Crippen LogP contribution in [0.1, 0.15) is 17.3 Å². The van der Waals surface area contributed by atoms with E-state index in [0.29, 0.717) is 35.9 Å². The number of rotatable bonds is 7. The van der Waals surface area contributed by atoms with Crippen LogP contribution in [0.5, 0.6) is 11.5 Å². The zero-order chi connectivity index (χ0) is 17.4. The molecule has 0 aromatic heterocycles. The van der Waals surface area contributed by atoms with Crippen molar-refractivity contribution in [2.24, 2.45) is 0 Å². The predicted molar refractivity (Wildman–Crippen MR) is 91.6 cm³/mol. The molecule has 2 N–H and O–H groups in total. The molecular formula is C18H20N2O4. The van der Waals surface area contributed by atoms with Gasteiger partial charge in [0.05, 0.1) is 13.7 Å². The second-order valence-electron chi connectivity index (χ2n) is 5.05. The van der Waals surface area contributed by atoms with Crippen LogP contribution in [0.15, 0.2) is 48.5 Å². The molecule has 2 aromatic rings. The van der Waals surface area contributed by atoms with E-state index in [4.69, 9.17) is 9.47 Å². The molecule has 0 radical (unpaired) electrons.